The van der Waals surface area contributed by atoms with E-state index in [1.807, 2.05) is 71.9 Å². The quantitative estimate of drug-likeness (QED) is 0.267. The van der Waals surface area contributed by atoms with Gasteiger partial charge in [0.15, 0.2) is 0 Å². The molecule has 2 aliphatic heterocycles. The van der Waals surface area contributed by atoms with Crippen LogP contribution in [0.2, 0.25) is 0 Å². The number of fused-ring (bicyclic) bond motifs is 5. The summed E-state index contributed by atoms with van der Waals surface area (Å²) >= 11 is 0. The maximum Gasteiger partial charge on any atom is 0.334 e. The number of hydrogen-bond acceptors (Lipinski definition) is 8. The number of carbonyl (C=O) groups is 3. The topological polar surface area (TPSA) is 136 Å². The first-order valence-electron chi connectivity index (χ1n) is 17.1. The van der Waals surface area contributed by atoms with Gasteiger partial charge in [-0.1, -0.05) is 71.9 Å². The van der Waals surface area contributed by atoms with E-state index in [1.165, 1.54) is 23.1 Å². The van der Waals surface area contributed by atoms with Crippen molar-refractivity contribution in [3.63, 3.8) is 0 Å². The first kappa shape index (κ1) is 35.4. The Hall–Kier alpha value is -4.43. The number of aromatic nitrogens is 1. The number of hydrogen-bond donors (Lipinski definition) is 0. The van der Waals surface area contributed by atoms with Crippen LogP contribution in [0.5, 0.6) is 0 Å². The summed E-state index contributed by atoms with van der Waals surface area (Å²) in [6.45, 7) is 11.9. The molecule has 0 bridgehead atoms. The number of amides is 1. The van der Waals surface area contributed by atoms with Crippen LogP contribution < -0.4 is 0 Å². The van der Waals surface area contributed by atoms with Gasteiger partial charge in [0, 0.05) is 29.7 Å². The Balaban J connectivity index is 1.64. The lowest BCUT2D eigenvalue weighted by Crippen LogP contribution is -2.49. The molecule has 1 aromatic heterocycles. The minimum absolute atomic E-state index is 0.00945. The Kier molecular flexibility index (Phi) is 8.58. The number of carbonyl (C=O) groups excluding carboxylic acids is 3. The molecule has 3 heterocycles. The largest absolute Gasteiger partial charge is 0.467 e. The van der Waals surface area contributed by atoms with Crippen molar-refractivity contribution in [1.82, 2.24) is 8.87 Å². The van der Waals surface area contributed by atoms with Crippen molar-refractivity contribution in [2.45, 2.75) is 102 Å². The summed E-state index contributed by atoms with van der Waals surface area (Å²) in [5.41, 5.74) is 1.22. The summed E-state index contributed by atoms with van der Waals surface area (Å²) < 4.78 is 42.0. The number of nitriles is 1. The molecule has 1 fully saturated rings. The third kappa shape index (κ3) is 5.09. The van der Waals surface area contributed by atoms with E-state index in [0.717, 1.165) is 5.56 Å². The van der Waals surface area contributed by atoms with Gasteiger partial charge in [-0.15, -0.1) is 0 Å². The van der Waals surface area contributed by atoms with E-state index in [4.69, 9.17) is 9.47 Å². The molecule has 0 spiro atoms. The number of ether oxygens (including phenoxy) is 2. The van der Waals surface area contributed by atoms with Gasteiger partial charge in [0.05, 0.1) is 47.9 Å². The van der Waals surface area contributed by atoms with Crippen LogP contribution in [0, 0.1) is 22.2 Å². The van der Waals surface area contributed by atoms with Crippen LogP contribution in [-0.4, -0.2) is 55.4 Å². The third-order valence-electron chi connectivity index (χ3n) is 11.1. The highest BCUT2D eigenvalue weighted by molar-refractivity contribution is 7.90. The fraction of sp³-hybridized carbons (Fsp3) is 0.487. The molecule has 264 valence electrons. The van der Waals surface area contributed by atoms with Crippen LogP contribution in [-0.2, 0) is 45.7 Å². The van der Waals surface area contributed by atoms with Crippen molar-refractivity contribution in [2.24, 2.45) is 10.8 Å². The Bertz CT molecular complexity index is 2090. The van der Waals surface area contributed by atoms with Crippen molar-refractivity contribution < 1.29 is 32.3 Å². The summed E-state index contributed by atoms with van der Waals surface area (Å²) in [4.78, 5) is 40.6. The number of rotatable bonds is 6. The predicted octanol–water partition coefficient (Wildman–Crippen LogP) is 6.47. The molecule has 2 aromatic carbocycles. The van der Waals surface area contributed by atoms with Gasteiger partial charge in [-0.25, -0.2) is 22.0 Å². The zero-order valence-electron chi connectivity index (χ0n) is 30.0. The molecule has 1 saturated heterocycles. The first-order valence-corrected chi connectivity index (χ1v) is 18.5. The first-order chi connectivity index (χ1) is 23.4. The van der Waals surface area contributed by atoms with Crippen molar-refractivity contribution in [1.29, 1.82) is 5.26 Å². The molecule has 0 radical (unpaired) electrons. The summed E-state index contributed by atoms with van der Waals surface area (Å²) in [5.74, 6) is -1.51. The molecule has 10 nitrogen and oxygen atoms in total. The Morgan fingerprint density at radius 1 is 0.960 bits per heavy atom. The van der Waals surface area contributed by atoms with E-state index < -0.39 is 50.3 Å². The van der Waals surface area contributed by atoms with Crippen LogP contribution in [0.4, 0.5) is 0 Å². The van der Waals surface area contributed by atoms with E-state index in [0.29, 0.717) is 52.6 Å². The fourth-order valence-electron chi connectivity index (χ4n) is 9.15. The summed E-state index contributed by atoms with van der Waals surface area (Å²) in [7, 11) is -1.75. The lowest BCUT2D eigenvalue weighted by atomic mass is 9.52. The van der Waals surface area contributed by atoms with Gasteiger partial charge in [-0.3, -0.25) is 4.79 Å². The lowest BCUT2D eigenvalue weighted by Gasteiger charge is -2.49. The summed E-state index contributed by atoms with van der Waals surface area (Å²) in [5, 5.41) is 11.4. The predicted molar refractivity (Wildman–Crippen MR) is 188 cm³/mol. The molecule has 0 N–H and O–H groups in total. The average molecular weight is 700 g/mol. The Morgan fingerprint density at radius 3 is 2.28 bits per heavy atom. The monoisotopic (exact) mass is 699 g/mol. The summed E-state index contributed by atoms with van der Waals surface area (Å²) in [6.07, 6.45) is 3.79. The van der Waals surface area contributed by atoms with E-state index in [1.54, 1.807) is 18.2 Å². The molecule has 11 heteroatoms. The highest BCUT2D eigenvalue weighted by atomic mass is 32.2. The molecular weight excluding hydrogens is 655 g/mol. The van der Waals surface area contributed by atoms with Crippen molar-refractivity contribution in [2.75, 3.05) is 14.2 Å². The molecule has 1 aliphatic carbocycles. The minimum atomic E-state index is -4.37. The van der Waals surface area contributed by atoms with Gasteiger partial charge < -0.3 is 14.4 Å². The van der Waals surface area contributed by atoms with Gasteiger partial charge >= 0.3 is 11.9 Å². The standard InChI is InChI=1S/C39H45N3O7S/c1-37(2,3)39(22-40,38(4,5)6)24-11-9-12-25(20-24)50(46,47)42-31-19-23(26-13-10-14-28(26)35(44)48-7)15-16-27(31)29-21-32(36(45)49-8)41-30(34(29)42)17-18-33(41)43/h9,11-12,14-16,19-20,26,30,32H,10,13,17-18,21H2,1-8H3/t26?,30-,32+/m1/s1. The molecule has 1 amide bonds. The minimum Gasteiger partial charge on any atom is -0.467 e. The molecule has 6 rings (SSSR count). The number of nitrogens with zero attached hydrogens (tertiary/aromatic N) is 3. The van der Waals surface area contributed by atoms with Crippen LogP contribution in [0.3, 0.4) is 0 Å². The Labute approximate surface area is 294 Å². The van der Waals surface area contributed by atoms with E-state index in [2.05, 4.69) is 6.07 Å². The number of esters is 2. The normalized spacial score (nSPS) is 21.0. The maximum atomic E-state index is 15.2. The number of methoxy groups -OCH3 is 2. The van der Waals surface area contributed by atoms with Crippen LogP contribution in [0.25, 0.3) is 10.9 Å². The molecule has 3 atom stereocenters. The molecular formula is C39H45N3O7S. The van der Waals surface area contributed by atoms with E-state index >= 15 is 8.42 Å². The SMILES string of the molecule is COC(=O)C1=CCCC1c1ccc2c3c(n(S(=O)(=O)c4cccc(C(C#N)(C(C)(C)C)C(C)(C)C)c4)c2c1)[C@H]1CCC(=O)N1[C@H](C(=O)OC)C3. The van der Waals surface area contributed by atoms with Crippen LogP contribution in [0.1, 0.15) is 102 Å². The average Bonchev–Trinajstić information content (AvgIpc) is 3.79. The lowest BCUT2D eigenvalue weighted by molar-refractivity contribution is -0.153. The highest BCUT2D eigenvalue weighted by Gasteiger charge is 2.53. The van der Waals surface area contributed by atoms with Crippen molar-refractivity contribution >= 4 is 38.8 Å². The number of allylic oxidation sites excluding steroid dienone is 1. The van der Waals surface area contributed by atoms with Gasteiger partial charge in [-0.05, 0) is 65.0 Å². The van der Waals surface area contributed by atoms with Crippen molar-refractivity contribution in [3.05, 3.63) is 76.5 Å². The highest BCUT2D eigenvalue weighted by Crippen LogP contribution is 2.54. The zero-order valence-corrected chi connectivity index (χ0v) is 30.8. The third-order valence-corrected chi connectivity index (χ3v) is 12.8. The maximum absolute atomic E-state index is 15.2. The Morgan fingerprint density at radius 2 is 1.66 bits per heavy atom. The summed E-state index contributed by atoms with van der Waals surface area (Å²) in [6, 6.07) is 13.3. The van der Waals surface area contributed by atoms with E-state index in [9.17, 15) is 19.6 Å². The van der Waals surface area contributed by atoms with Gasteiger partial charge in [-0.2, -0.15) is 5.26 Å². The second kappa shape index (κ2) is 12.1. The molecule has 50 heavy (non-hydrogen) atoms. The van der Waals surface area contributed by atoms with Gasteiger partial charge in [0.2, 0.25) is 5.91 Å². The fourth-order valence-corrected chi connectivity index (χ4v) is 10.8. The van der Waals surface area contributed by atoms with Crippen LogP contribution >= 0.6 is 0 Å². The van der Waals surface area contributed by atoms with Gasteiger partial charge in [0.25, 0.3) is 10.0 Å². The van der Waals surface area contributed by atoms with Crippen LogP contribution in [0.15, 0.2) is 59.0 Å². The molecule has 3 aliphatic rings. The number of benzene rings is 2. The zero-order chi connectivity index (χ0) is 36.6. The molecule has 1 unspecified atom stereocenters. The van der Waals surface area contributed by atoms with Gasteiger partial charge in [0.1, 0.15) is 6.04 Å². The molecule has 0 saturated carbocycles. The smallest absolute Gasteiger partial charge is 0.334 e. The van der Waals surface area contributed by atoms with E-state index in [-0.39, 0.29) is 29.6 Å². The van der Waals surface area contributed by atoms with Crippen molar-refractivity contribution in [3.8, 4) is 6.07 Å². The second-order valence-corrected chi connectivity index (χ2v) is 17.5. The molecule has 3 aromatic rings. The second-order valence-electron chi connectivity index (χ2n) is 15.7.